The molecule has 2 heterocycles. The molecule has 2 N–H and O–H groups in total. The summed E-state index contributed by atoms with van der Waals surface area (Å²) < 4.78 is 10.4. The minimum atomic E-state index is -0.987. The molecule has 5 nitrogen and oxygen atoms in total. The first kappa shape index (κ1) is 11.5. The van der Waals surface area contributed by atoms with Gasteiger partial charge in [-0.3, -0.25) is 0 Å². The van der Waals surface area contributed by atoms with Gasteiger partial charge in [-0.1, -0.05) is 0 Å². The molecule has 0 aromatic carbocycles. The normalized spacial score (nSPS) is 12.5. The fraction of sp³-hybridized carbons (Fsp3) is 0.250. The van der Waals surface area contributed by atoms with Crippen LogP contribution in [0.3, 0.4) is 0 Å². The molecule has 0 spiro atoms. The molecule has 17 heavy (non-hydrogen) atoms. The number of carboxylic acid groups (broad SMARTS) is 1. The average Bonchev–Trinajstić information content (AvgIpc) is 2.97. The molecule has 2 rings (SSSR count). The summed E-state index contributed by atoms with van der Waals surface area (Å²) in [6.07, 6.45) is 2.85. The molecule has 0 unspecified atom stereocenters. The summed E-state index contributed by atoms with van der Waals surface area (Å²) in [6, 6.07) is 5.25. The lowest BCUT2D eigenvalue weighted by Crippen LogP contribution is -2.17. The van der Waals surface area contributed by atoms with Crippen molar-refractivity contribution >= 4 is 5.97 Å². The molecule has 1 atom stereocenters. The quantitative estimate of drug-likeness (QED) is 0.832. The van der Waals surface area contributed by atoms with E-state index < -0.39 is 5.97 Å². The smallest absolute Gasteiger partial charge is 0.338 e. The Balaban J connectivity index is 1.91. The van der Waals surface area contributed by atoms with Crippen molar-refractivity contribution in [3.8, 4) is 0 Å². The van der Waals surface area contributed by atoms with Crippen LogP contribution in [0.5, 0.6) is 0 Å². The first-order chi connectivity index (χ1) is 8.16. The highest BCUT2D eigenvalue weighted by Crippen LogP contribution is 2.14. The molecule has 0 aliphatic rings. The van der Waals surface area contributed by atoms with Crippen LogP contribution in [0, 0.1) is 0 Å². The van der Waals surface area contributed by atoms with Crippen molar-refractivity contribution in [2.45, 2.75) is 19.5 Å². The summed E-state index contributed by atoms with van der Waals surface area (Å²) >= 11 is 0. The Bertz CT molecular complexity index is 486. The summed E-state index contributed by atoms with van der Waals surface area (Å²) in [5, 5.41) is 11.9. The molecule has 0 amide bonds. The van der Waals surface area contributed by atoms with Gasteiger partial charge in [0.25, 0.3) is 0 Å². The Kier molecular flexibility index (Phi) is 3.30. The monoisotopic (exact) mass is 235 g/mol. The maximum Gasteiger partial charge on any atom is 0.338 e. The highest BCUT2D eigenvalue weighted by atomic mass is 16.4. The molecule has 0 radical (unpaired) electrons. The molecule has 2 aromatic rings. The first-order valence-electron chi connectivity index (χ1n) is 5.24. The number of hydrogen-bond donors (Lipinski definition) is 2. The zero-order chi connectivity index (χ0) is 12.3. The van der Waals surface area contributed by atoms with E-state index in [2.05, 4.69) is 5.32 Å². The van der Waals surface area contributed by atoms with Crippen molar-refractivity contribution in [1.82, 2.24) is 5.32 Å². The van der Waals surface area contributed by atoms with Crippen molar-refractivity contribution in [2.24, 2.45) is 0 Å². The second-order valence-corrected chi connectivity index (χ2v) is 3.72. The molecule has 0 aliphatic heterocycles. The van der Waals surface area contributed by atoms with Crippen molar-refractivity contribution in [3.05, 3.63) is 47.8 Å². The fourth-order valence-electron chi connectivity index (χ4n) is 1.48. The third-order valence-electron chi connectivity index (χ3n) is 2.45. The SMILES string of the molecule is C[C@H](NCc1cc(C(=O)O)co1)c1ccco1. The van der Waals surface area contributed by atoms with Crippen LogP contribution in [0.15, 0.2) is 39.6 Å². The lowest BCUT2D eigenvalue weighted by atomic mass is 10.2. The first-order valence-corrected chi connectivity index (χ1v) is 5.24. The van der Waals surface area contributed by atoms with Gasteiger partial charge in [-0.2, -0.15) is 0 Å². The van der Waals surface area contributed by atoms with Gasteiger partial charge in [0.05, 0.1) is 24.4 Å². The summed E-state index contributed by atoms with van der Waals surface area (Å²) in [7, 11) is 0. The molecule has 5 heteroatoms. The number of furan rings is 2. The highest BCUT2D eigenvalue weighted by Gasteiger charge is 2.11. The molecule has 0 aliphatic carbocycles. The van der Waals surface area contributed by atoms with Crippen molar-refractivity contribution < 1.29 is 18.7 Å². The Labute approximate surface area is 98.0 Å². The number of carbonyl (C=O) groups is 1. The van der Waals surface area contributed by atoms with E-state index in [9.17, 15) is 4.79 Å². The van der Waals surface area contributed by atoms with Gasteiger partial charge in [-0.25, -0.2) is 4.79 Å². The molecule has 90 valence electrons. The molecule has 2 aromatic heterocycles. The van der Waals surface area contributed by atoms with Crippen molar-refractivity contribution in [1.29, 1.82) is 0 Å². The Morgan fingerprint density at radius 3 is 2.94 bits per heavy atom. The van der Waals surface area contributed by atoms with E-state index in [4.69, 9.17) is 13.9 Å². The Hall–Kier alpha value is -2.01. The maximum atomic E-state index is 10.6. The number of carboxylic acids is 1. The Morgan fingerprint density at radius 2 is 2.35 bits per heavy atom. The van der Waals surface area contributed by atoms with E-state index in [0.29, 0.717) is 12.3 Å². The third-order valence-corrected chi connectivity index (χ3v) is 2.45. The van der Waals surface area contributed by atoms with E-state index in [0.717, 1.165) is 5.76 Å². The lowest BCUT2D eigenvalue weighted by Gasteiger charge is -2.09. The van der Waals surface area contributed by atoms with E-state index >= 15 is 0 Å². The van der Waals surface area contributed by atoms with Crippen LogP contribution in [0.25, 0.3) is 0 Å². The van der Waals surface area contributed by atoms with E-state index in [1.165, 1.54) is 12.3 Å². The van der Waals surface area contributed by atoms with Crippen LogP contribution in [-0.2, 0) is 6.54 Å². The summed E-state index contributed by atoms with van der Waals surface area (Å²) in [6.45, 7) is 2.41. The number of hydrogen-bond acceptors (Lipinski definition) is 4. The number of aromatic carboxylic acids is 1. The van der Waals surface area contributed by atoms with Gasteiger partial charge in [-0.15, -0.1) is 0 Å². The van der Waals surface area contributed by atoms with E-state index in [1.54, 1.807) is 6.26 Å². The molecular weight excluding hydrogens is 222 g/mol. The van der Waals surface area contributed by atoms with Gasteiger partial charge < -0.3 is 19.3 Å². The van der Waals surface area contributed by atoms with Crippen LogP contribution in [0.2, 0.25) is 0 Å². The molecule has 0 saturated heterocycles. The molecule has 0 bridgehead atoms. The maximum absolute atomic E-state index is 10.6. The minimum Gasteiger partial charge on any atom is -0.478 e. The predicted molar refractivity (Wildman–Crippen MR) is 59.6 cm³/mol. The predicted octanol–water partition coefficient (Wildman–Crippen LogP) is 2.42. The van der Waals surface area contributed by atoms with Gasteiger partial charge in [0.15, 0.2) is 0 Å². The summed E-state index contributed by atoms with van der Waals surface area (Å²) in [5.74, 6) is 0.426. The van der Waals surface area contributed by atoms with Crippen molar-refractivity contribution in [3.63, 3.8) is 0 Å². The van der Waals surface area contributed by atoms with Gasteiger partial charge in [0, 0.05) is 0 Å². The number of rotatable bonds is 5. The molecular formula is C12H13NO4. The van der Waals surface area contributed by atoms with E-state index in [-0.39, 0.29) is 11.6 Å². The van der Waals surface area contributed by atoms with Crippen LogP contribution < -0.4 is 5.32 Å². The standard InChI is InChI=1S/C12H13NO4/c1-8(11-3-2-4-16-11)13-6-10-5-9(7-17-10)12(14)15/h2-5,7-8,13H,6H2,1H3,(H,14,15)/t8-/m0/s1. The zero-order valence-corrected chi connectivity index (χ0v) is 9.34. The van der Waals surface area contributed by atoms with Crippen molar-refractivity contribution in [2.75, 3.05) is 0 Å². The van der Waals surface area contributed by atoms with Crippen LogP contribution >= 0.6 is 0 Å². The second kappa shape index (κ2) is 4.88. The van der Waals surface area contributed by atoms with Gasteiger partial charge in [-0.05, 0) is 25.1 Å². The van der Waals surface area contributed by atoms with Crippen LogP contribution in [-0.4, -0.2) is 11.1 Å². The summed E-state index contributed by atoms with van der Waals surface area (Å²) in [4.78, 5) is 10.6. The highest BCUT2D eigenvalue weighted by molar-refractivity contribution is 5.87. The third kappa shape index (κ3) is 2.76. The van der Waals surface area contributed by atoms with Gasteiger partial charge in [0.1, 0.15) is 17.8 Å². The Morgan fingerprint density at radius 1 is 1.53 bits per heavy atom. The topological polar surface area (TPSA) is 75.6 Å². The molecule has 0 fully saturated rings. The largest absolute Gasteiger partial charge is 0.478 e. The van der Waals surface area contributed by atoms with Crippen LogP contribution in [0.1, 0.15) is 34.8 Å². The minimum absolute atomic E-state index is 0.0448. The summed E-state index contributed by atoms with van der Waals surface area (Å²) in [5.41, 5.74) is 0.160. The lowest BCUT2D eigenvalue weighted by molar-refractivity contribution is 0.0696. The van der Waals surface area contributed by atoms with Crippen LogP contribution in [0.4, 0.5) is 0 Å². The zero-order valence-electron chi connectivity index (χ0n) is 9.34. The molecule has 0 saturated carbocycles. The number of nitrogens with one attached hydrogen (secondary N) is 1. The van der Waals surface area contributed by atoms with Gasteiger partial charge in [0.2, 0.25) is 0 Å². The fourth-order valence-corrected chi connectivity index (χ4v) is 1.48. The second-order valence-electron chi connectivity index (χ2n) is 3.72. The average molecular weight is 235 g/mol. The van der Waals surface area contributed by atoms with Gasteiger partial charge >= 0.3 is 5.97 Å². The van der Waals surface area contributed by atoms with E-state index in [1.807, 2.05) is 19.1 Å².